The van der Waals surface area contributed by atoms with E-state index in [9.17, 15) is 9.59 Å². The van der Waals surface area contributed by atoms with Crippen molar-refractivity contribution in [3.63, 3.8) is 0 Å². The van der Waals surface area contributed by atoms with Gasteiger partial charge in [0.15, 0.2) is 11.5 Å². The van der Waals surface area contributed by atoms with Crippen molar-refractivity contribution in [3.8, 4) is 11.5 Å². The quantitative estimate of drug-likeness (QED) is 0.739. The topological polar surface area (TPSA) is 95.6 Å². The number of carbonyl (C=O) groups is 1. The van der Waals surface area contributed by atoms with Gasteiger partial charge in [0.2, 0.25) is 18.4 Å². The lowest BCUT2D eigenvalue weighted by Crippen LogP contribution is -2.27. The number of amides is 1. The van der Waals surface area contributed by atoms with E-state index in [4.69, 9.17) is 13.9 Å². The summed E-state index contributed by atoms with van der Waals surface area (Å²) in [6, 6.07) is 5.54. The predicted molar refractivity (Wildman–Crippen MR) is 96.8 cm³/mol. The largest absolute Gasteiger partial charge is 0.454 e. The highest BCUT2D eigenvalue weighted by molar-refractivity contribution is 5.78. The zero-order chi connectivity index (χ0) is 19.0. The van der Waals surface area contributed by atoms with Crippen LogP contribution in [0.3, 0.4) is 0 Å². The molecule has 0 spiro atoms. The van der Waals surface area contributed by atoms with Crippen molar-refractivity contribution in [2.24, 2.45) is 0 Å². The number of carbonyl (C=O) groups excluding carboxylic acids is 1. The molecule has 0 radical (unpaired) electrons. The number of aromatic nitrogens is 2. The van der Waals surface area contributed by atoms with Gasteiger partial charge in [0.05, 0.1) is 0 Å². The smallest absolute Gasteiger partial charge is 0.264 e. The Bertz CT molecular complexity index is 1080. The summed E-state index contributed by atoms with van der Waals surface area (Å²) in [7, 11) is 0. The number of hydrogen-bond donors (Lipinski definition) is 1. The molecule has 3 heterocycles. The summed E-state index contributed by atoms with van der Waals surface area (Å²) in [6.07, 6.45) is 1.59. The SMILES string of the molecule is Cc1oc2ncn(CCC(=O)NCc3ccc4c(c3)OCO4)c(=O)c2c1C. The number of hydrogen-bond acceptors (Lipinski definition) is 6. The van der Waals surface area contributed by atoms with Gasteiger partial charge in [-0.25, -0.2) is 4.98 Å². The van der Waals surface area contributed by atoms with Crippen molar-refractivity contribution in [3.05, 3.63) is 51.8 Å². The molecule has 1 amide bonds. The van der Waals surface area contributed by atoms with E-state index in [-0.39, 0.29) is 31.2 Å². The second-order valence-electron chi connectivity index (χ2n) is 6.42. The maximum Gasteiger partial charge on any atom is 0.264 e. The van der Waals surface area contributed by atoms with Gasteiger partial charge in [0.25, 0.3) is 5.56 Å². The van der Waals surface area contributed by atoms with E-state index in [1.54, 1.807) is 6.92 Å². The molecule has 2 aromatic heterocycles. The van der Waals surface area contributed by atoms with Crippen LogP contribution in [0, 0.1) is 13.8 Å². The Kier molecular flexibility index (Phi) is 4.31. The molecule has 1 N–H and O–H groups in total. The van der Waals surface area contributed by atoms with Gasteiger partial charge in [-0.15, -0.1) is 0 Å². The fourth-order valence-corrected chi connectivity index (χ4v) is 2.99. The number of rotatable bonds is 5. The minimum absolute atomic E-state index is 0.153. The van der Waals surface area contributed by atoms with Crippen LogP contribution in [0.4, 0.5) is 0 Å². The molecule has 1 aliphatic heterocycles. The van der Waals surface area contributed by atoms with E-state index in [0.29, 0.717) is 34.9 Å². The van der Waals surface area contributed by atoms with Crippen molar-refractivity contribution in [1.82, 2.24) is 14.9 Å². The van der Waals surface area contributed by atoms with Gasteiger partial charge in [-0.2, -0.15) is 0 Å². The molecule has 1 aromatic carbocycles. The number of ether oxygens (including phenoxy) is 2. The van der Waals surface area contributed by atoms with Crippen molar-refractivity contribution in [2.45, 2.75) is 33.4 Å². The van der Waals surface area contributed by atoms with E-state index >= 15 is 0 Å². The lowest BCUT2D eigenvalue weighted by atomic mass is 10.2. The highest BCUT2D eigenvalue weighted by Crippen LogP contribution is 2.32. The van der Waals surface area contributed by atoms with Gasteiger partial charge < -0.3 is 19.2 Å². The summed E-state index contributed by atoms with van der Waals surface area (Å²) in [5, 5.41) is 3.31. The van der Waals surface area contributed by atoms with Crippen LogP contribution < -0.4 is 20.3 Å². The van der Waals surface area contributed by atoms with Gasteiger partial charge in [-0.3, -0.25) is 14.2 Å². The number of benzene rings is 1. The molecule has 0 unspecified atom stereocenters. The highest BCUT2D eigenvalue weighted by atomic mass is 16.7. The molecule has 1 aliphatic rings. The summed E-state index contributed by atoms with van der Waals surface area (Å²) in [5.41, 5.74) is 1.83. The summed E-state index contributed by atoms with van der Waals surface area (Å²) in [4.78, 5) is 28.9. The lowest BCUT2D eigenvalue weighted by molar-refractivity contribution is -0.121. The first-order chi connectivity index (χ1) is 13.0. The van der Waals surface area contributed by atoms with Crippen LogP contribution in [0.5, 0.6) is 11.5 Å². The van der Waals surface area contributed by atoms with Crippen LogP contribution in [0.15, 0.2) is 33.7 Å². The number of nitrogens with one attached hydrogen (secondary N) is 1. The van der Waals surface area contributed by atoms with Gasteiger partial charge in [0, 0.05) is 25.1 Å². The van der Waals surface area contributed by atoms with Crippen molar-refractivity contribution < 1.29 is 18.7 Å². The van der Waals surface area contributed by atoms with Crippen LogP contribution >= 0.6 is 0 Å². The summed E-state index contributed by atoms with van der Waals surface area (Å²) < 4.78 is 17.5. The first kappa shape index (κ1) is 17.1. The number of aryl methyl sites for hydroxylation is 3. The number of fused-ring (bicyclic) bond motifs is 2. The molecule has 140 valence electrons. The maximum absolute atomic E-state index is 12.6. The Morgan fingerprint density at radius 3 is 2.93 bits per heavy atom. The molecule has 0 bridgehead atoms. The summed E-state index contributed by atoms with van der Waals surface area (Å²) >= 11 is 0. The third-order valence-electron chi connectivity index (χ3n) is 4.66. The zero-order valence-electron chi connectivity index (χ0n) is 15.1. The second kappa shape index (κ2) is 6.79. The Hall–Kier alpha value is -3.29. The molecule has 0 atom stereocenters. The maximum atomic E-state index is 12.6. The average Bonchev–Trinajstić information content (AvgIpc) is 3.24. The van der Waals surface area contributed by atoms with E-state index in [2.05, 4.69) is 10.3 Å². The molecule has 8 heteroatoms. The summed E-state index contributed by atoms with van der Waals surface area (Å²) in [6.45, 7) is 4.46. The van der Waals surface area contributed by atoms with Crippen LogP contribution in [0.25, 0.3) is 11.1 Å². The average molecular weight is 369 g/mol. The number of nitrogens with zero attached hydrogens (tertiary/aromatic N) is 2. The standard InChI is InChI=1S/C19H19N3O5/c1-11-12(2)27-18-17(11)19(24)22(9-21-18)6-5-16(23)20-8-13-3-4-14-15(7-13)26-10-25-14/h3-4,7,9H,5-6,8,10H2,1-2H3,(H,20,23). The molecule has 27 heavy (non-hydrogen) atoms. The first-order valence-corrected chi connectivity index (χ1v) is 8.63. The van der Waals surface area contributed by atoms with E-state index in [0.717, 1.165) is 11.1 Å². The molecule has 0 fully saturated rings. The third-order valence-corrected chi connectivity index (χ3v) is 4.66. The van der Waals surface area contributed by atoms with E-state index in [1.165, 1.54) is 10.9 Å². The minimum Gasteiger partial charge on any atom is -0.454 e. The highest BCUT2D eigenvalue weighted by Gasteiger charge is 2.15. The Morgan fingerprint density at radius 2 is 2.07 bits per heavy atom. The normalized spacial score (nSPS) is 12.5. The number of furan rings is 1. The van der Waals surface area contributed by atoms with Crippen LogP contribution in [-0.2, 0) is 17.9 Å². The van der Waals surface area contributed by atoms with Gasteiger partial charge in [0.1, 0.15) is 17.5 Å². The summed E-state index contributed by atoms with van der Waals surface area (Å²) in [5.74, 6) is 1.91. The molecular weight excluding hydrogens is 350 g/mol. The van der Waals surface area contributed by atoms with Crippen molar-refractivity contribution in [2.75, 3.05) is 6.79 Å². The molecule has 8 nitrogen and oxygen atoms in total. The van der Waals surface area contributed by atoms with Crippen molar-refractivity contribution in [1.29, 1.82) is 0 Å². The third kappa shape index (κ3) is 3.25. The van der Waals surface area contributed by atoms with Crippen LogP contribution in [-0.4, -0.2) is 22.3 Å². The molecule has 4 rings (SSSR count). The molecular formula is C19H19N3O5. The lowest BCUT2D eigenvalue weighted by Gasteiger charge is -2.08. The van der Waals surface area contributed by atoms with Crippen LogP contribution in [0.1, 0.15) is 23.3 Å². The minimum atomic E-state index is -0.196. The van der Waals surface area contributed by atoms with Crippen LogP contribution in [0.2, 0.25) is 0 Å². The first-order valence-electron chi connectivity index (χ1n) is 8.63. The molecule has 0 saturated carbocycles. The van der Waals surface area contributed by atoms with Gasteiger partial charge in [-0.1, -0.05) is 6.07 Å². The molecule has 3 aromatic rings. The van der Waals surface area contributed by atoms with Gasteiger partial charge >= 0.3 is 0 Å². The Morgan fingerprint density at radius 1 is 1.26 bits per heavy atom. The Balaban J connectivity index is 1.38. The fourth-order valence-electron chi connectivity index (χ4n) is 2.99. The predicted octanol–water partition coefficient (Wildman–Crippen LogP) is 2.04. The molecule has 0 saturated heterocycles. The fraction of sp³-hybridized carbons (Fsp3) is 0.316. The van der Waals surface area contributed by atoms with Crippen molar-refractivity contribution >= 4 is 17.0 Å². The monoisotopic (exact) mass is 369 g/mol. The van der Waals surface area contributed by atoms with Gasteiger partial charge in [-0.05, 0) is 31.5 Å². The second-order valence-corrected chi connectivity index (χ2v) is 6.42. The zero-order valence-corrected chi connectivity index (χ0v) is 15.1. The van der Waals surface area contributed by atoms with E-state index in [1.807, 2.05) is 25.1 Å². The van der Waals surface area contributed by atoms with E-state index < -0.39 is 0 Å². The molecule has 0 aliphatic carbocycles. The Labute approximate surface area is 154 Å².